The molecule has 1 N–H and O–H groups in total. The molecule has 33 heavy (non-hydrogen) atoms. The monoisotopic (exact) mass is 457 g/mol. The van der Waals surface area contributed by atoms with Crippen LogP contribution in [0.25, 0.3) is 16.5 Å². The minimum absolute atomic E-state index is 0.0727. The lowest BCUT2D eigenvalue weighted by molar-refractivity contribution is -0.121. The van der Waals surface area contributed by atoms with E-state index in [1.54, 1.807) is 17.5 Å². The maximum Gasteiger partial charge on any atom is 0.229 e. The van der Waals surface area contributed by atoms with Gasteiger partial charge in [0.1, 0.15) is 0 Å². The predicted octanol–water partition coefficient (Wildman–Crippen LogP) is 4.81. The van der Waals surface area contributed by atoms with Crippen LogP contribution in [-0.2, 0) is 11.3 Å². The van der Waals surface area contributed by atoms with Crippen molar-refractivity contribution in [3.8, 4) is 10.4 Å². The van der Waals surface area contributed by atoms with Crippen LogP contribution in [0.15, 0.2) is 53.7 Å². The fraction of sp³-hybridized carbons (Fsp3) is 0.308. The zero-order valence-corrected chi connectivity index (χ0v) is 19.7. The number of fused-ring (bicyclic) bond motifs is 1. The van der Waals surface area contributed by atoms with Crippen LogP contribution in [0.3, 0.4) is 0 Å². The Kier molecular flexibility index (Phi) is 6.15. The highest BCUT2D eigenvalue weighted by Crippen LogP contribution is 2.35. The molecule has 3 aromatic rings. The van der Waals surface area contributed by atoms with Crippen molar-refractivity contribution in [1.29, 1.82) is 0 Å². The number of carbonyl (C=O) groups excluding carboxylic acids is 1. The molecule has 0 unspecified atom stereocenters. The molecular weight excluding hydrogens is 430 g/mol. The van der Waals surface area contributed by atoms with Crippen molar-refractivity contribution in [1.82, 2.24) is 14.9 Å². The van der Waals surface area contributed by atoms with Crippen LogP contribution in [-0.4, -0.2) is 46.6 Å². The number of likely N-dealkylation sites (tertiary alicyclic amines) is 1. The number of thiazole rings is 1. The summed E-state index contributed by atoms with van der Waals surface area (Å²) in [5.74, 6) is 0.165. The second kappa shape index (κ2) is 9.37. The number of anilines is 1. The summed E-state index contributed by atoms with van der Waals surface area (Å²) in [7, 11) is 2.10. The van der Waals surface area contributed by atoms with Gasteiger partial charge in [0.05, 0.1) is 28.5 Å². The van der Waals surface area contributed by atoms with Gasteiger partial charge in [-0.1, -0.05) is 29.5 Å². The number of carbonyl (C=O) groups is 1. The fourth-order valence-corrected chi connectivity index (χ4v) is 5.31. The highest BCUT2D eigenvalue weighted by atomic mass is 32.1. The number of amides is 1. The molecule has 1 saturated heterocycles. The third kappa shape index (κ3) is 4.79. The number of nitrogens with one attached hydrogen (secondary N) is 1. The van der Waals surface area contributed by atoms with E-state index < -0.39 is 0 Å². The van der Waals surface area contributed by atoms with E-state index in [1.807, 2.05) is 37.3 Å². The quantitative estimate of drug-likeness (QED) is 0.597. The molecule has 5 rings (SSSR count). The van der Waals surface area contributed by atoms with E-state index in [0.717, 1.165) is 59.0 Å². The van der Waals surface area contributed by atoms with Gasteiger partial charge in [-0.25, -0.2) is 4.98 Å². The number of benzene rings is 1. The average molecular weight is 458 g/mol. The number of hydrogen-bond acceptors (Lipinski definition) is 6. The second-order valence-electron chi connectivity index (χ2n) is 8.66. The minimum Gasteiger partial charge on any atom is -0.306 e. The molecule has 0 radical (unpaired) electrons. The molecule has 168 valence electrons. The molecule has 1 amide bonds. The largest absolute Gasteiger partial charge is 0.306 e. The molecular formula is C26H27N5OS. The molecule has 7 heteroatoms. The summed E-state index contributed by atoms with van der Waals surface area (Å²) in [5, 5.41) is 3.74. The summed E-state index contributed by atoms with van der Waals surface area (Å²) in [4.78, 5) is 29.7. The van der Waals surface area contributed by atoms with Gasteiger partial charge in [0.2, 0.25) is 5.91 Å². The Morgan fingerprint density at radius 1 is 1.18 bits per heavy atom. The van der Waals surface area contributed by atoms with Gasteiger partial charge in [0.15, 0.2) is 5.13 Å². The number of aryl methyl sites for hydroxylation is 1. The van der Waals surface area contributed by atoms with E-state index in [4.69, 9.17) is 4.99 Å². The lowest BCUT2D eigenvalue weighted by Gasteiger charge is -2.27. The summed E-state index contributed by atoms with van der Waals surface area (Å²) >= 11 is 1.55. The Balaban J connectivity index is 1.30. The molecule has 0 saturated carbocycles. The van der Waals surface area contributed by atoms with Crippen molar-refractivity contribution < 1.29 is 4.79 Å². The van der Waals surface area contributed by atoms with Gasteiger partial charge in [-0.2, -0.15) is 0 Å². The van der Waals surface area contributed by atoms with Crippen LogP contribution < -0.4 is 5.32 Å². The van der Waals surface area contributed by atoms with Crippen molar-refractivity contribution in [2.45, 2.75) is 26.3 Å². The smallest absolute Gasteiger partial charge is 0.229 e. The molecule has 2 aliphatic heterocycles. The fourth-order valence-electron chi connectivity index (χ4n) is 4.35. The number of aliphatic imine (C=N–C) groups is 1. The first-order valence-electron chi connectivity index (χ1n) is 11.3. The van der Waals surface area contributed by atoms with E-state index in [1.165, 1.54) is 5.56 Å². The molecule has 0 aliphatic carbocycles. The minimum atomic E-state index is 0.0727. The second-order valence-corrected chi connectivity index (χ2v) is 9.66. The van der Waals surface area contributed by atoms with Gasteiger partial charge in [-0.3, -0.25) is 14.8 Å². The van der Waals surface area contributed by atoms with Crippen LogP contribution in [0, 0.1) is 12.8 Å². The van der Waals surface area contributed by atoms with Gasteiger partial charge < -0.3 is 10.2 Å². The van der Waals surface area contributed by atoms with E-state index in [-0.39, 0.29) is 11.8 Å². The molecule has 2 aliphatic rings. The Bertz CT molecular complexity index is 1220. The standard InChI is InChI=1S/C26H27N5OS/c1-17-24(33-26(29-17)30-25(32)18-10-13-31(2)14-11-18)19-6-8-22-20(15-19)16-28-23(22)9-7-21-5-3-4-12-27-21/h3-9,12,15,18H,10-11,13-14,16H2,1-2H3,(H,29,30,32)/b9-7+. The first-order valence-corrected chi connectivity index (χ1v) is 12.1. The number of rotatable bonds is 5. The molecule has 6 nitrogen and oxygen atoms in total. The first-order chi connectivity index (χ1) is 16.1. The van der Waals surface area contributed by atoms with E-state index in [0.29, 0.717) is 11.7 Å². The van der Waals surface area contributed by atoms with Gasteiger partial charge in [0, 0.05) is 17.7 Å². The van der Waals surface area contributed by atoms with Crippen LogP contribution in [0.2, 0.25) is 0 Å². The summed E-state index contributed by atoms with van der Waals surface area (Å²) in [6.45, 7) is 4.61. The van der Waals surface area contributed by atoms with Gasteiger partial charge in [0.25, 0.3) is 0 Å². The van der Waals surface area contributed by atoms with Crippen molar-refractivity contribution in [3.05, 3.63) is 71.2 Å². The topological polar surface area (TPSA) is 70.5 Å². The Morgan fingerprint density at radius 2 is 2.03 bits per heavy atom. The predicted molar refractivity (Wildman–Crippen MR) is 135 cm³/mol. The summed E-state index contributed by atoms with van der Waals surface area (Å²) in [6, 6.07) is 12.3. The molecule has 1 aromatic carbocycles. The van der Waals surface area contributed by atoms with Crippen molar-refractivity contribution in [2.75, 3.05) is 25.5 Å². The zero-order valence-electron chi connectivity index (χ0n) is 18.9. The third-order valence-electron chi connectivity index (χ3n) is 6.28. The van der Waals surface area contributed by atoms with Crippen molar-refractivity contribution >= 4 is 34.2 Å². The SMILES string of the molecule is Cc1nc(NC(=O)C2CCN(C)CC2)sc1-c1ccc2c(c1)CN=C2/C=C/c1ccccn1. The lowest BCUT2D eigenvalue weighted by Crippen LogP contribution is -2.35. The molecule has 0 spiro atoms. The Labute approximate surface area is 198 Å². The summed E-state index contributed by atoms with van der Waals surface area (Å²) < 4.78 is 0. The van der Waals surface area contributed by atoms with Crippen molar-refractivity contribution in [2.24, 2.45) is 10.9 Å². The zero-order chi connectivity index (χ0) is 22.8. The van der Waals surface area contributed by atoms with Crippen LogP contribution in [0.5, 0.6) is 0 Å². The highest BCUT2D eigenvalue weighted by Gasteiger charge is 2.24. The number of piperidine rings is 1. The number of pyridine rings is 1. The molecule has 2 aromatic heterocycles. The third-order valence-corrected chi connectivity index (χ3v) is 7.40. The maximum atomic E-state index is 12.7. The molecule has 0 bridgehead atoms. The number of aromatic nitrogens is 2. The van der Waals surface area contributed by atoms with Gasteiger partial charge >= 0.3 is 0 Å². The normalized spacial score (nSPS) is 16.7. The van der Waals surface area contributed by atoms with E-state index in [9.17, 15) is 4.79 Å². The van der Waals surface area contributed by atoms with Gasteiger partial charge in [-0.05, 0) is 81.4 Å². The lowest BCUT2D eigenvalue weighted by atomic mass is 9.96. The molecule has 0 atom stereocenters. The maximum absolute atomic E-state index is 12.7. The van der Waals surface area contributed by atoms with Crippen molar-refractivity contribution in [3.63, 3.8) is 0 Å². The molecule has 4 heterocycles. The van der Waals surface area contributed by atoms with Crippen LogP contribution in [0.4, 0.5) is 5.13 Å². The Hall–Kier alpha value is -3.16. The number of nitrogens with zero attached hydrogens (tertiary/aromatic N) is 4. The van der Waals surface area contributed by atoms with Crippen LogP contribution >= 0.6 is 11.3 Å². The van der Waals surface area contributed by atoms with Gasteiger partial charge in [-0.15, -0.1) is 0 Å². The number of hydrogen-bond donors (Lipinski definition) is 1. The summed E-state index contributed by atoms with van der Waals surface area (Å²) in [6.07, 6.45) is 7.62. The van der Waals surface area contributed by atoms with E-state index >= 15 is 0 Å². The van der Waals surface area contributed by atoms with E-state index in [2.05, 4.69) is 45.4 Å². The molecule has 1 fully saturated rings. The van der Waals surface area contributed by atoms with Crippen LogP contribution in [0.1, 0.15) is 35.4 Å². The average Bonchev–Trinajstić information content (AvgIpc) is 3.41. The number of allylic oxidation sites excluding steroid dienone is 1. The Morgan fingerprint density at radius 3 is 2.82 bits per heavy atom. The summed E-state index contributed by atoms with van der Waals surface area (Å²) in [5.41, 5.74) is 6.32. The highest BCUT2D eigenvalue weighted by molar-refractivity contribution is 7.19. The first kappa shape index (κ1) is 21.7.